The molecule has 2 heteroatoms. The number of benzene rings is 4. The molecule has 0 unspecified atom stereocenters. The molecule has 1 aliphatic rings. The number of fused-ring (bicyclic) bond motifs is 6. The van der Waals surface area contributed by atoms with Crippen molar-refractivity contribution in [2.45, 2.75) is 33.1 Å². The molecule has 0 bridgehead atoms. The standard InChI is InChI=1S/C35H32N2.C2H4/c1-7-24(8-2)25-17-19-26(20-18-25)37-30-16-12-10-14-28(30)35(5,6)34-32(37)22-21-31-33(34)27-13-9-11-15-29(27)36(31)23(3)4;1-2/h7-22H,1,3H2,2,4-6H3;1-2H2/b24-8+;. The van der Waals surface area contributed by atoms with E-state index in [0.717, 1.165) is 17.0 Å². The van der Waals surface area contributed by atoms with Crippen LogP contribution in [0.1, 0.15) is 44.4 Å². The molecule has 0 atom stereocenters. The highest BCUT2D eigenvalue weighted by Crippen LogP contribution is 2.55. The van der Waals surface area contributed by atoms with Crippen molar-refractivity contribution in [1.29, 1.82) is 0 Å². The smallest absolute Gasteiger partial charge is 0.0542 e. The summed E-state index contributed by atoms with van der Waals surface area (Å²) in [5.74, 6) is 0. The molecule has 194 valence electrons. The molecule has 0 aliphatic carbocycles. The van der Waals surface area contributed by atoms with Gasteiger partial charge in [0.25, 0.3) is 0 Å². The summed E-state index contributed by atoms with van der Waals surface area (Å²) in [7, 11) is 0. The second kappa shape index (κ2) is 9.96. The highest BCUT2D eigenvalue weighted by Gasteiger charge is 2.39. The summed E-state index contributed by atoms with van der Waals surface area (Å²) < 4.78 is 2.30. The Morgan fingerprint density at radius 2 is 1.46 bits per heavy atom. The SMILES string of the molecule is C=C.C=C/C(=C\C)c1ccc(N2c3ccccc3C(C)(C)c3c2ccc2c3c3ccccc3n2C(=C)C)cc1. The Kier molecular flexibility index (Phi) is 6.66. The van der Waals surface area contributed by atoms with Gasteiger partial charge in [-0.2, -0.15) is 0 Å². The van der Waals surface area contributed by atoms with E-state index in [1.165, 1.54) is 49.9 Å². The maximum atomic E-state index is 4.32. The third-order valence-corrected chi connectivity index (χ3v) is 7.87. The van der Waals surface area contributed by atoms with Gasteiger partial charge in [0.15, 0.2) is 0 Å². The molecule has 0 fully saturated rings. The first-order chi connectivity index (χ1) is 18.9. The molecule has 39 heavy (non-hydrogen) atoms. The molecule has 6 rings (SSSR count). The van der Waals surface area contributed by atoms with Crippen molar-refractivity contribution in [3.8, 4) is 0 Å². The van der Waals surface area contributed by atoms with Crippen LogP contribution in [-0.2, 0) is 5.41 Å². The van der Waals surface area contributed by atoms with Crippen LogP contribution >= 0.6 is 0 Å². The molecule has 0 spiro atoms. The molecular formula is C37H36N2. The Labute approximate surface area is 232 Å². The molecule has 2 heterocycles. The summed E-state index contributed by atoms with van der Waals surface area (Å²) >= 11 is 0. The maximum absolute atomic E-state index is 4.32. The van der Waals surface area contributed by atoms with Gasteiger partial charge in [0.05, 0.1) is 22.4 Å². The number of hydrogen-bond acceptors (Lipinski definition) is 1. The van der Waals surface area contributed by atoms with Gasteiger partial charge in [0.2, 0.25) is 0 Å². The van der Waals surface area contributed by atoms with E-state index in [9.17, 15) is 0 Å². The monoisotopic (exact) mass is 508 g/mol. The summed E-state index contributed by atoms with van der Waals surface area (Å²) in [6.45, 7) is 23.2. The van der Waals surface area contributed by atoms with Crippen LogP contribution < -0.4 is 4.90 Å². The highest BCUT2D eigenvalue weighted by molar-refractivity contribution is 6.14. The van der Waals surface area contributed by atoms with Gasteiger partial charge < -0.3 is 9.47 Å². The van der Waals surface area contributed by atoms with Crippen LogP contribution in [0.3, 0.4) is 0 Å². The molecule has 0 saturated heterocycles. The van der Waals surface area contributed by atoms with Gasteiger partial charge in [-0.25, -0.2) is 0 Å². The van der Waals surface area contributed by atoms with E-state index in [-0.39, 0.29) is 5.41 Å². The Balaban J connectivity index is 0.00000151. The maximum Gasteiger partial charge on any atom is 0.0542 e. The van der Waals surface area contributed by atoms with Crippen molar-refractivity contribution >= 4 is 50.1 Å². The van der Waals surface area contributed by atoms with Crippen LogP contribution in [0.4, 0.5) is 17.1 Å². The second-order valence-electron chi connectivity index (χ2n) is 10.4. The fourth-order valence-corrected chi connectivity index (χ4v) is 6.22. The van der Waals surface area contributed by atoms with Gasteiger partial charge in [0, 0.05) is 27.6 Å². The zero-order valence-electron chi connectivity index (χ0n) is 23.5. The predicted octanol–water partition coefficient (Wildman–Crippen LogP) is 10.8. The van der Waals surface area contributed by atoms with Crippen LogP contribution in [0.5, 0.6) is 0 Å². The lowest BCUT2D eigenvalue weighted by atomic mass is 9.72. The lowest BCUT2D eigenvalue weighted by Gasteiger charge is -2.42. The van der Waals surface area contributed by atoms with E-state index in [2.05, 4.69) is 154 Å². The van der Waals surface area contributed by atoms with Crippen LogP contribution in [0.2, 0.25) is 0 Å². The number of aromatic nitrogens is 1. The minimum atomic E-state index is -0.188. The number of rotatable bonds is 4. The summed E-state index contributed by atoms with van der Waals surface area (Å²) in [6.07, 6.45) is 4.02. The predicted molar refractivity (Wildman–Crippen MR) is 172 cm³/mol. The minimum Gasteiger partial charge on any atom is -0.314 e. The van der Waals surface area contributed by atoms with Crippen LogP contribution in [0, 0.1) is 0 Å². The zero-order chi connectivity index (χ0) is 27.9. The molecule has 1 aromatic heterocycles. The number of anilines is 3. The molecule has 5 aromatic rings. The minimum absolute atomic E-state index is 0.188. The fraction of sp³-hybridized carbons (Fsp3) is 0.135. The van der Waals surface area contributed by atoms with Gasteiger partial charge in [-0.1, -0.05) is 87.7 Å². The Hall–Kier alpha value is -4.56. The summed E-state index contributed by atoms with van der Waals surface area (Å²) in [6, 6.07) is 30.9. The molecule has 1 aliphatic heterocycles. The number of para-hydroxylation sites is 2. The van der Waals surface area contributed by atoms with Gasteiger partial charge >= 0.3 is 0 Å². The average molecular weight is 509 g/mol. The second-order valence-corrected chi connectivity index (χ2v) is 10.4. The van der Waals surface area contributed by atoms with Gasteiger partial charge in [-0.05, 0) is 72.5 Å². The normalized spacial score (nSPS) is 13.8. The number of nitrogens with zero attached hydrogens (tertiary/aromatic N) is 2. The van der Waals surface area contributed by atoms with Crippen LogP contribution in [0.15, 0.2) is 123 Å². The largest absolute Gasteiger partial charge is 0.314 e. The molecule has 0 amide bonds. The van der Waals surface area contributed by atoms with Crippen molar-refractivity contribution in [3.05, 3.63) is 140 Å². The first-order valence-electron chi connectivity index (χ1n) is 13.4. The molecule has 4 aromatic carbocycles. The fourth-order valence-electron chi connectivity index (χ4n) is 6.22. The third kappa shape index (κ3) is 3.87. The van der Waals surface area contributed by atoms with Crippen molar-refractivity contribution in [3.63, 3.8) is 0 Å². The Morgan fingerprint density at radius 1 is 0.795 bits per heavy atom. The first kappa shape index (κ1) is 26.1. The third-order valence-electron chi connectivity index (χ3n) is 7.87. The van der Waals surface area contributed by atoms with Crippen LogP contribution in [-0.4, -0.2) is 4.57 Å². The Morgan fingerprint density at radius 3 is 2.13 bits per heavy atom. The first-order valence-corrected chi connectivity index (χ1v) is 13.4. The number of hydrogen-bond donors (Lipinski definition) is 0. The average Bonchev–Trinajstić information content (AvgIpc) is 3.30. The van der Waals surface area contributed by atoms with Crippen molar-refractivity contribution < 1.29 is 0 Å². The van der Waals surface area contributed by atoms with Gasteiger partial charge in [-0.15, -0.1) is 13.2 Å². The number of allylic oxidation sites excluding steroid dienone is 4. The van der Waals surface area contributed by atoms with Crippen LogP contribution in [0.25, 0.3) is 33.1 Å². The summed E-state index contributed by atoms with van der Waals surface area (Å²) in [4.78, 5) is 2.43. The highest BCUT2D eigenvalue weighted by atomic mass is 15.2. The van der Waals surface area contributed by atoms with E-state index < -0.39 is 0 Å². The topological polar surface area (TPSA) is 8.17 Å². The zero-order valence-corrected chi connectivity index (χ0v) is 23.5. The van der Waals surface area contributed by atoms with E-state index >= 15 is 0 Å². The van der Waals surface area contributed by atoms with Crippen molar-refractivity contribution in [2.75, 3.05) is 4.90 Å². The van der Waals surface area contributed by atoms with Crippen molar-refractivity contribution in [2.24, 2.45) is 0 Å². The van der Waals surface area contributed by atoms with Crippen molar-refractivity contribution in [1.82, 2.24) is 4.57 Å². The van der Waals surface area contributed by atoms with E-state index in [1.807, 2.05) is 6.08 Å². The lowest BCUT2D eigenvalue weighted by Crippen LogP contribution is -2.30. The van der Waals surface area contributed by atoms with E-state index in [4.69, 9.17) is 0 Å². The Bertz CT molecular complexity index is 1760. The summed E-state index contributed by atoms with van der Waals surface area (Å²) in [5.41, 5.74) is 11.8. The quantitative estimate of drug-likeness (QED) is 0.173. The molecule has 0 radical (unpaired) electrons. The van der Waals surface area contributed by atoms with E-state index in [1.54, 1.807) is 0 Å². The molecule has 2 nitrogen and oxygen atoms in total. The van der Waals surface area contributed by atoms with E-state index in [0.29, 0.717) is 0 Å². The van der Waals surface area contributed by atoms with Gasteiger partial charge in [-0.3, -0.25) is 0 Å². The van der Waals surface area contributed by atoms with Gasteiger partial charge in [0.1, 0.15) is 0 Å². The molecular weight excluding hydrogens is 472 g/mol. The lowest BCUT2D eigenvalue weighted by molar-refractivity contribution is 0.638. The molecule has 0 saturated carbocycles. The summed E-state index contributed by atoms with van der Waals surface area (Å²) in [5, 5.41) is 2.57. The molecule has 0 N–H and O–H groups in total.